The summed E-state index contributed by atoms with van der Waals surface area (Å²) in [5.41, 5.74) is 2.51. The zero-order chi connectivity index (χ0) is 10.7. The molecule has 0 amide bonds. The maximum Gasteiger partial charge on any atom is 0.212 e. The van der Waals surface area contributed by atoms with E-state index in [1.165, 1.54) is 11.3 Å². The lowest BCUT2D eigenvalue weighted by molar-refractivity contribution is -0.682. The number of benzene rings is 1. The van der Waals surface area contributed by atoms with Crippen molar-refractivity contribution in [3.63, 3.8) is 0 Å². The molecule has 1 aromatic heterocycles. The van der Waals surface area contributed by atoms with Crippen LogP contribution in [-0.2, 0) is 6.54 Å². The van der Waals surface area contributed by atoms with Crippen molar-refractivity contribution in [3.05, 3.63) is 53.1 Å². The Morgan fingerprint density at radius 2 is 1.80 bits per heavy atom. The van der Waals surface area contributed by atoms with Crippen LogP contribution in [0.25, 0.3) is 11.3 Å². The summed E-state index contributed by atoms with van der Waals surface area (Å²) in [5, 5.41) is 0. The maximum absolute atomic E-state index is 3.45. The minimum absolute atomic E-state index is 0.992. The zero-order valence-electron chi connectivity index (χ0n) is 8.65. The van der Waals surface area contributed by atoms with Crippen LogP contribution in [0.2, 0.25) is 0 Å². The number of halogens is 1. The number of aryl methyl sites for hydroxylation is 1. The van der Waals surface area contributed by atoms with E-state index in [0.29, 0.717) is 0 Å². The Morgan fingerprint density at radius 1 is 1.07 bits per heavy atom. The topological polar surface area (TPSA) is 3.88 Å². The van der Waals surface area contributed by atoms with Gasteiger partial charge in [0, 0.05) is 22.2 Å². The zero-order valence-corrected chi connectivity index (χ0v) is 10.2. The highest BCUT2D eigenvalue weighted by molar-refractivity contribution is 9.10. The van der Waals surface area contributed by atoms with Gasteiger partial charge in [-0.3, -0.25) is 0 Å². The second kappa shape index (κ2) is 4.58. The van der Waals surface area contributed by atoms with Crippen molar-refractivity contribution >= 4 is 15.9 Å². The molecule has 2 heteroatoms. The van der Waals surface area contributed by atoms with Gasteiger partial charge in [0.1, 0.15) is 6.54 Å². The van der Waals surface area contributed by atoms with E-state index in [0.717, 1.165) is 11.0 Å². The van der Waals surface area contributed by atoms with Crippen LogP contribution in [0.4, 0.5) is 0 Å². The predicted molar refractivity (Wildman–Crippen MR) is 65.4 cm³/mol. The molecular formula is C13H13BrN+. The number of pyridine rings is 1. The molecule has 1 aromatic carbocycles. The molecule has 0 aliphatic carbocycles. The molecule has 0 bridgehead atoms. The lowest BCUT2D eigenvalue weighted by Gasteiger charge is -2.01. The molecule has 0 fully saturated rings. The van der Waals surface area contributed by atoms with Gasteiger partial charge >= 0.3 is 0 Å². The highest BCUT2D eigenvalue weighted by atomic mass is 79.9. The molecule has 0 aliphatic rings. The maximum atomic E-state index is 3.45. The van der Waals surface area contributed by atoms with E-state index >= 15 is 0 Å². The fourth-order valence-electron chi connectivity index (χ4n) is 1.63. The molecule has 76 valence electrons. The molecule has 1 nitrogen and oxygen atoms in total. The van der Waals surface area contributed by atoms with Crippen LogP contribution in [0.5, 0.6) is 0 Å². The first-order chi connectivity index (χ1) is 7.31. The highest BCUT2D eigenvalue weighted by Gasteiger charge is 2.09. The van der Waals surface area contributed by atoms with Crippen LogP contribution in [0, 0.1) is 0 Å². The van der Waals surface area contributed by atoms with Gasteiger partial charge < -0.3 is 0 Å². The SMILES string of the molecule is CC[n+]1ccccc1-c1ccc(Br)cc1. The van der Waals surface area contributed by atoms with Crippen LogP contribution in [-0.4, -0.2) is 0 Å². The number of nitrogens with zero attached hydrogens (tertiary/aromatic N) is 1. The van der Waals surface area contributed by atoms with Gasteiger partial charge in [0.05, 0.1) is 0 Å². The molecule has 1 heterocycles. The average molecular weight is 263 g/mol. The Bertz CT molecular complexity index is 448. The Kier molecular flexibility index (Phi) is 3.17. The monoisotopic (exact) mass is 262 g/mol. The van der Waals surface area contributed by atoms with E-state index < -0.39 is 0 Å². The molecule has 0 radical (unpaired) electrons. The molecule has 0 spiro atoms. The largest absolute Gasteiger partial charge is 0.212 e. The molecule has 0 saturated heterocycles. The van der Waals surface area contributed by atoms with E-state index in [9.17, 15) is 0 Å². The number of hydrogen-bond donors (Lipinski definition) is 0. The summed E-state index contributed by atoms with van der Waals surface area (Å²) in [6, 6.07) is 14.7. The number of rotatable bonds is 2. The van der Waals surface area contributed by atoms with Gasteiger partial charge in [-0.1, -0.05) is 15.9 Å². The first-order valence-electron chi connectivity index (χ1n) is 5.05. The summed E-state index contributed by atoms with van der Waals surface area (Å²) >= 11 is 3.45. The predicted octanol–water partition coefficient (Wildman–Crippen LogP) is 3.42. The van der Waals surface area contributed by atoms with Gasteiger partial charge in [-0.05, 0) is 37.3 Å². The Hall–Kier alpha value is -1.15. The number of hydrogen-bond acceptors (Lipinski definition) is 0. The number of aromatic nitrogens is 1. The Labute approximate surface area is 98.5 Å². The molecular weight excluding hydrogens is 250 g/mol. The Balaban J connectivity index is 2.49. The van der Waals surface area contributed by atoms with Gasteiger partial charge in [-0.25, -0.2) is 0 Å². The molecule has 0 unspecified atom stereocenters. The van der Waals surface area contributed by atoms with E-state index in [4.69, 9.17) is 0 Å². The lowest BCUT2D eigenvalue weighted by atomic mass is 10.1. The summed E-state index contributed by atoms with van der Waals surface area (Å²) < 4.78 is 3.36. The van der Waals surface area contributed by atoms with Crippen LogP contribution in [0.15, 0.2) is 53.1 Å². The van der Waals surface area contributed by atoms with Crippen molar-refractivity contribution in [1.29, 1.82) is 0 Å². The minimum atomic E-state index is 0.992. The molecule has 0 saturated carbocycles. The third-order valence-corrected chi connectivity index (χ3v) is 2.95. The third kappa shape index (κ3) is 2.26. The summed E-state index contributed by atoms with van der Waals surface area (Å²) in [5.74, 6) is 0. The van der Waals surface area contributed by atoms with Crippen molar-refractivity contribution < 1.29 is 4.57 Å². The normalized spacial score (nSPS) is 10.3. The van der Waals surface area contributed by atoms with Gasteiger partial charge in [0.25, 0.3) is 0 Å². The van der Waals surface area contributed by atoms with Crippen LogP contribution >= 0.6 is 15.9 Å². The second-order valence-electron chi connectivity index (χ2n) is 3.38. The molecule has 15 heavy (non-hydrogen) atoms. The standard InChI is InChI=1S/C13H13BrN/c1-2-15-10-4-3-5-13(15)11-6-8-12(14)9-7-11/h3-10H,2H2,1H3/q+1. The van der Waals surface area contributed by atoms with Crippen LogP contribution < -0.4 is 4.57 Å². The third-order valence-electron chi connectivity index (χ3n) is 2.42. The molecule has 2 rings (SSSR count). The fourth-order valence-corrected chi connectivity index (χ4v) is 1.90. The van der Waals surface area contributed by atoms with Crippen molar-refractivity contribution in [3.8, 4) is 11.3 Å². The quantitative estimate of drug-likeness (QED) is 0.731. The van der Waals surface area contributed by atoms with E-state index in [1.807, 2.05) is 0 Å². The average Bonchev–Trinajstić information content (AvgIpc) is 2.30. The molecule has 0 atom stereocenters. The first kappa shape index (κ1) is 10.4. The lowest BCUT2D eigenvalue weighted by Crippen LogP contribution is -2.34. The summed E-state index contributed by atoms with van der Waals surface area (Å²) in [6.45, 7) is 3.15. The van der Waals surface area contributed by atoms with E-state index in [-0.39, 0.29) is 0 Å². The molecule has 2 aromatic rings. The van der Waals surface area contributed by atoms with Crippen LogP contribution in [0.3, 0.4) is 0 Å². The van der Waals surface area contributed by atoms with Crippen molar-refractivity contribution in [2.24, 2.45) is 0 Å². The summed E-state index contributed by atoms with van der Waals surface area (Å²) in [4.78, 5) is 0. The first-order valence-corrected chi connectivity index (χ1v) is 5.85. The minimum Gasteiger partial charge on any atom is -0.199 e. The Morgan fingerprint density at radius 3 is 2.47 bits per heavy atom. The van der Waals surface area contributed by atoms with Crippen molar-refractivity contribution in [2.45, 2.75) is 13.5 Å². The van der Waals surface area contributed by atoms with Crippen molar-refractivity contribution in [1.82, 2.24) is 0 Å². The van der Waals surface area contributed by atoms with Gasteiger partial charge in [-0.15, -0.1) is 0 Å². The van der Waals surface area contributed by atoms with Gasteiger partial charge in [-0.2, -0.15) is 4.57 Å². The highest BCUT2D eigenvalue weighted by Crippen LogP contribution is 2.18. The molecule has 0 aliphatic heterocycles. The fraction of sp³-hybridized carbons (Fsp3) is 0.154. The summed E-state index contributed by atoms with van der Waals surface area (Å²) in [6.07, 6.45) is 2.11. The second-order valence-corrected chi connectivity index (χ2v) is 4.29. The van der Waals surface area contributed by atoms with Gasteiger partial charge in [0.15, 0.2) is 6.20 Å². The van der Waals surface area contributed by atoms with E-state index in [1.54, 1.807) is 0 Å². The summed E-state index contributed by atoms with van der Waals surface area (Å²) in [7, 11) is 0. The smallest absolute Gasteiger partial charge is 0.199 e. The van der Waals surface area contributed by atoms with Crippen molar-refractivity contribution in [2.75, 3.05) is 0 Å². The van der Waals surface area contributed by atoms with E-state index in [2.05, 4.69) is 76.1 Å². The van der Waals surface area contributed by atoms with Gasteiger partial charge in [0.2, 0.25) is 5.69 Å². The van der Waals surface area contributed by atoms with Crippen LogP contribution in [0.1, 0.15) is 6.92 Å². The molecule has 0 N–H and O–H groups in total.